The number of nitrogens with zero attached hydrogens (tertiary/aromatic N) is 2. The molecule has 4 N–H and O–H groups in total. The summed E-state index contributed by atoms with van der Waals surface area (Å²) in [5.41, 5.74) is 3.53. The van der Waals surface area contributed by atoms with Gasteiger partial charge in [-0.05, 0) is 49.7 Å². The standard InChI is InChI=1S/C18H18N4O3S/c1-11(2)10-12-4-3-5-15-16(12)17(18(23)20-15)22-21-13-6-8-14(9-7-13)26(19,24)25/h3-10,20,23H,1-2H3,(H2,19,24,25). The largest absolute Gasteiger partial charge is 0.493 e. The van der Waals surface area contributed by atoms with E-state index in [9.17, 15) is 13.5 Å². The molecule has 2 aromatic carbocycles. The van der Waals surface area contributed by atoms with E-state index in [0.29, 0.717) is 11.4 Å². The summed E-state index contributed by atoms with van der Waals surface area (Å²) >= 11 is 0. The Kier molecular flexibility index (Phi) is 4.62. The Labute approximate surface area is 150 Å². The zero-order valence-electron chi connectivity index (χ0n) is 14.3. The molecule has 26 heavy (non-hydrogen) atoms. The van der Waals surface area contributed by atoms with Crippen molar-refractivity contribution in [2.45, 2.75) is 18.7 Å². The van der Waals surface area contributed by atoms with Gasteiger partial charge in [-0.25, -0.2) is 13.6 Å². The van der Waals surface area contributed by atoms with Gasteiger partial charge in [0.25, 0.3) is 0 Å². The highest BCUT2D eigenvalue weighted by molar-refractivity contribution is 7.89. The smallest absolute Gasteiger partial charge is 0.238 e. The van der Waals surface area contributed by atoms with Gasteiger partial charge in [0.15, 0.2) is 5.69 Å². The Hall–Kier alpha value is -2.97. The Morgan fingerprint density at radius 3 is 2.42 bits per heavy atom. The van der Waals surface area contributed by atoms with Crippen molar-refractivity contribution in [1.82, 2.24) is 4.98 Å². The second kappa shape index (κ2) is 6.74. The number of fused-ring (bicyclic) bond motifs is 1. The first-order valence-electron chi connectivity index (χ1n) is 7.79. The van der Waals surface area contributed by atoms with Crippen LogP contribution in [0.1, 0.15) is 19.4 Å². The van der Waals surface area contributed by atoms with Crippen molar-refractivity contribution in [1.29, 1.82) is 0 Å². The maximum atomic E-state index is 11.3. The number of aromatic nitrogens is 1. The molecule has 7 nitrogen and oxygen atoms in total. The number of primary sulfonamides is 1. The molecule has 0 spiro atoms. The van der Waals surface area contributed by atoms with Crippen molar-refractivity contribution in [2.24, 2.45) is 15.4 Å². The number of nitrogens with two attached hydrogens (primary N) is 1. The van der Waals surface area contributed by atoms with E-state index in [-0.39, 0.29) is 10.8 Å². The molecule has 1 aromatic heterocycles. The van der Waals surface area contributed by atoms with Crippen LogP contribution in [0, 0.1) is 0 Å². The third-order valence-corrected chi connectivity index (χ3v) is 4.61. The third-order valence-electron chi connectivity index (χ3n) is 3.69. The van der Waals surface area contributed by atoms with Crippen molar-refractivity contribution in [3.05, 3.63) is 53.6 Å². The van der Waals surface area contributed by atoms with E-state index >= 15 is 0 Å². The minimum absolute atomic E-state index is 0.00256. The van der Waals surface area contributed by atoms with Crippen LogP contribution >= 0.6 is 0 Å². The average Bonchev–Trinajstić information content (AvgIpc) is 2.88. The SMILES string of the molecule is CC(C)=Cc1cccc2[nH]c(O)c(N=Nc3ccc(S(N)(=O)=O)cc3)c12. The van der Waals surface area contributed by atoms with Gasteiger partial charge in [-0.1, -0.05) is 23.8 Å². The molecule has 0 bridgehead atoms. The molecular weight excluding hydrogens is 352 g/mol. The van der Waals surface area contributed by atoms with Crippen molar-refractivity contribution < 1.29 is 13.5 Å². The fourth-order valence-electron chi connectivity index (χ4n) is 2.58. The normalized spacial score (nSPS) is 12.0. The monoisotopic (exact) mass is 370 g/mol. The fraction of sp³-hybridized carbons (Fsp3) is 0.111. The number of nitrogens with one attached hydrogen (secondary N) is 1. The molecule has 134 valence electrons. The summed E-state index contributed by atoms with van der Waals surface area (Å²) in [6.45, 7) is 3.97. The summed E-state index contributed by atoms with van der Waals surface area (Å²) < 4.78 is 22.6. The van der Waals surface area contributed by atoms with Crippen LogP contribution in [-0.4, -0.2) is 18.5 Å². The second-order valence-corrected chi connectivity index (χ2v) is 7.61. The molecule has 0 radical (unpaired) electrons. The van der Waals surface area contributed by atoms with Gasteiger partial charge in [0.2, 0.25) is 15.9 Å². The molecule has 3 aromatic rings. The van der Waals surface area contributed by atoms with Crippen LogP contribution in [0.3, 0.4) is 0 Å². The summed E-state index contributed by atoms with van der Waals surface area (Å²) in [6.07, 6.45) is 2.00. The molecule has 3 rings (SSSR count). The lowest BCUT2D eigenvalue weighted by molar-refractivity contribution is 0.459. The third kappa shape index (κ3) is 3.66. The van der Waals surface area contributed by atoms with E-state index in [4.69, 9.17) is 5.14 Å². The first kappa shape index (κ1) is 17.8. The average molecular weight is 370 g/mol. The topological polar surface area (TPSA) is 121 Å². The Morgan fingerprint density at radius 1 is 1.12 bits per heavy atom. The maximum absolute atomic E-state index is 11.3. The Balaban J connectivity index is 2.04. The molecule has 0 saturated heterocycles. The van der Waals surface area contributed by atoms with Crippen molar-refractivity contribution in [2.75, 3.05) is 0 Å². The summed E-state index contributed by atoms with van der Waals surface area (Å²) in [4.78, 5) is 2.88. The molecule has 1 heterocycles. The number of benzene rings is 2. The van der Waals surface area contributed by atoms with Crippen molar-refractivity contribution in [3.8, 4) is 5.88 Å². The molecule has 0 atom stereocenters. The van der Waals surface area contributed by atoms with E-state index < -0.39 is 10.0 Å². The Bertz CT molecular complexity index is 1120. The first-order chi connectivity index (χ1) is 12.3. The molecule has 0 amide bonds. The van der Waals surface area contributed by atoms with Gasteiger partial charge < -0.3 is 10.1 Å². The maximum Gasteiger partial charge on any atom is 0.238 e. The highest BCUT2D eigenvalue weighted by Gasteiger charge is 2.13. The van der Waals surface area contributed by atoms with Gasteiger partial charge in [-0.15, -0.1) is 5.11 Å². The zero-order valence-corrected chi connectivity index (χ0v) is 15.1. The van der Waals surface area contributed by atoms with E-state index in [1.165, 1.54) is 24.3 Å². The predicted molar refractivity (Wildman–Crippen MR) is 101 cm³/mol. The van der Waals surface area contributed by atoms with E-state index in [1.54, 1.807) is 0 Å². The minimum atomic E-state index is -3.75. The van der Waals surface area contributed by atoms with Crippen LogP contribution in [0.2, 0.25) is 0 Å². The summed E-state index contributed by atoms with van der Waals surface area (Å²) in [7, 11) is -3.75. The molecule has 0 fully saturated rings. The number of aromatic amines is 1. The predicted octanol–water partition coefficient (Wildman–Crippen LogP) is 4.36. The van der Waals surface area contributed by atoms with Crippen LogP contribution in [0.25, 0.3) is 17.0 Å². The van der Waals surface area contributed by atoms with Crippen molar-refractivity contribution in [3.63, 3.8) is 0 Å². The van der Waals surface area contributed by atoms with Gasteiger partial charge in [-0.2, -0.15) is 5.11 Å². The number of sulfonamides is 1. The number of aromatic hydroxyl groups is 1. The van der Waals surface area contributed by atoms with Gasteiger partial charge in [-0.3, -0.25) is 0 Å². The van der Waals surface area contributed by atoms with Crippen LogP contribution < -0.4 is 5.14 Å². The zero-order chi connectivity index (χ0) is 18.9. The lowest BCUT2D eigenvalue weighted by Gasteiger charge is -2.00. The number of hydrogen-bond donors (Lipinski definition) is 3. The van der Waals surface area contributed by atoms with Crippen LogP contribution in [-0.2, 0) is 10.0 Å². The fourth-order valence-corrected chi connectivity index (χ4v) is 3.10. The number of H-pyrrole nitrogens is 1. The van der Waals surface area contributed by atoms with Gasteiger partial charge in [0.1, 0.15) is 0 Å². The number of hydrogen-bond acceptors (Lipinski definition) is 5. The summed E-state index contributed by atoms with van der Waals surface area (Å²) in [5, 5.41) is 24.3. The van der Waals surface area contributed by atoms with Crippen LogP contribution in [0.5, 0.6) is 5.88 Å². The molecule has 0 aliphatic heterocycles. The molecule has 8 heteroatoms. The van der Waals surface area contributed by atoms with Crippen LogP contribution in [0.15, 0.2) is 63.2 Å². The summed E-state index contributed by atoms with van der Waals surface area (Å²) in [5.74, 6) is -0.0838. The highest BCUT2D eigenvalue weighted by atomic mass is 32.2. The molecule has 0 aliphatic carbocycles. The van der Waals surface area contributed by atoms with Gasteiger partial charge >= 0.3 is 0 Å². The minimum Gasteiger partial charge on any atom is -0.493 e. The number of rotatable bonds is 4. The molecule has 0 saturated carbocycles. The molecular formula is C18H18N4O3S. The first-order valence-corrected chi connectivity index (χ1v) is 9.33. The highest BCUT2D eigenvalue weighted by Crippen LogP contribution is 2.39. The summed E-state index contributed by atoms with van der Waals surface area (Å²) in [6, 6.07) is 11.4. The molecule has 0 unspecified atom stereocenters. The van der Waals surface area contributed by atoms with Gasteiger partial charge in [0, 0.05) is 5.39 Å². The van der Waals surface area contributed by atoms with Crippen LogP contribution in [0.4, 0.5) is 11.4 Å². The van der Waals surface area contributed by atoms with E-state index in [0.717, 1.165) is 22.0 Å². The van der Waals surface area contributed by atoms with Gasteiger partial charge in [0.05, 0.1) is 16.1 Å². The number of azo groups is 1. The Morgan fingerprint density at radius 2 is 1.81 bits per heavy atom. The van der Waals surface area contributed by atoms with E-state index in [1.807, 2.05) is 38.1 Å². The molecule has 0 aliphatic rings. The lowest BCUT2D eigenvalue weighted by Crippen LogP contribution is -2.11. The van der Waals surface area contributed by atoms with Crippen molar-refractivity contribution >= 4 is 38.4 Å². The quantitative estimate of drug-likeness (QED) is 0.591. The lowest BCUT2D eigenvalue weighted by atomic mass is 10.1. The second-order valence-electron chi connectivity index (χ2n) is 6.05. The van der Waals surface area contributed by atoms with E-state index in [2.05, 4.69) is 15.2 Å². The number of allylic oxidation sites excluding steroid dienone is 1.